The molecule has 1 N–H and O–H groups in total. The van der Waals surface area contributed by atoms with Crippen LogP contribution in [0.15, 0.2) is 267 Å². The van der Waals surface area contributed by atoms with E-state index < -0.39 is 0 Å². The highest BCUT2D eigenvalue weighted by atomic mass is 16.5. The van der Waals surface area contributed by atoms with Gasteiger partial charge < -0.3 is 19.3 Å². The van der Waals surface area contributed by atoms with Crippen LogP contribution in [0.3, 0.4) is 0 Å². The summed E-state index contributed by atoms with van der Waals surface area (Å²) in [5.74, 6) is 3.30. The monoisotopic (exact) mass is 1310 g/mol. The molecule has 0 unspecified atom stereocenters. The third kappa shape index (κ3) is 15.7. The van der Waals surface area contributed by atoms with Crippen LogP contribution in [0.2, 0.25) is 0 Å². The summed E-state index contributed by atoms with van der Waals surface area (Å²) in [5, 5.41) is 4.54. The molecule has 0 atom stereocenters. The van der Waals surface area contributed by atoms with Crippen LogP contribution in [0.25, 0.3) is 0 Å². The molecule has 4 heteroatoms. The topological polar surface area (TPSA) is 47.9 Å². The Morgan fingerprint density at radius 2 is 0.444 bits per heavy atom. The van der Waals surface area contributed by atoms with Crippen molar-refractivity contribution >= 4 is 0 Å². The summed E-state index contributed by atoms with van der Waals surface area (Å²) in [5.41, 5.74) is 29.5. The lowest BCUT2D eigenvalue weighted by molar-refractivity contribution is 0.409. The van der Waals surface area contributed by atoms with Crippen molar-refractivity contribution < 1.29 is 19.3 Å². The van der Waals surface area contributed by atoms with Gasteiger partial charge in [0.1, 0.15) is 23.0 Å². The SMILES string of the molecule is COc1cc(C(C)(c2cc(C)c(C)c(C)c2)c2cc(C)c(C)c(C)c2)ccc1C.COc1cc(C(C)(c2ccc(C)cc2)c2ccc(C)c(OC)c2)ccc1C.Cc1ccc(C(C)(c2ccccc2)c2ccc(C)cc2)cc1.[2H]Oc1ccc(C(C)(c2ccccc2)c2ccccc2)cc1. The fourth-order valence-corrected chi connectivity index (χ4v) is 13.8. The van der Waals surface area contributed by atoms with Crippen LogP contribution in [0, 0.1) is 83.1 Å². The smallest absolute Gasteiger partial charge is 0.293 e. The number of hydrogen-bond donors (Lipinski definition) is 1. The van der Waals surface area contributed by atoms with E-state index in [1.165, 1.54) is 117 Å². The first-order valence-corrected chi connectivity index (χ1v) is 34.6. The molecule has 0 saturated heterocycles. The molecule has 0 bridgehead atoms. The lowest BCUT2D eigenvalue weighted by atomic mass is 9.69. The van der Waals surface area contributed by atoms with Crippen LogP contribution in [-0.4, -0.2) is 27.9 Å². The lowest BCUT2D eigenvalue weighted by Gasteiger charge is -2.34. The lowest BCUT2D eigenvalue weighted by Crippen LogP contribution is -2.26. The second kappa shape index (κ2) is 31.6. The largest absolute Gasteiger partial charge is 0.508 e. The Bertz CT molecular complexity index is 4430. The van der Waals surface area contributed by atoms with E-state index in [-0.39, 0.29) is 21.7 Å². The molecule has 0 aliphatic carbocycles. The third-order valence-electron chi connectivity index (χ3n) is 21.3. The maximum absolute atomic E-state index is 7.00. The van der Waals surface area contributed by atoms with Gasteiger partial charge in [-0.2, -0.15) is 0 Å². The van der Waals surface area contributed by atoms with Crippen LogP contribution >= 0.6 is 0 Å². The highest BCUT2D eigenvalue weighted by Crippen LogP contribution is 2.46. The first kappa shape index (κ1) is 71.6. The van der Waals surface area contributed by atoms with Gasteiger partial charge in [-0.25, -0.2) is 0 Å². The summed E-state index contributed by atoms with van der Waals surface area (Å²) in [4.78, 5) is 0. The van der Waals surface area contributed by atoms with Crippen molar-refractivity contribution in [3.8, 4) is 23.0 Å². The van der Waals surface area contributed by atoms with Gasteiger partial charge in [-0.05, 0) is 258 Å². The minimum absolute atomic E-state index is 0.136. The number of rotatable bonds is 16. The molecule has 0 saturated carbocycles. The average Bonchev–Trinajstić information content (AvgIpc) is 0.765. The van der Waals surface area contributed by atoms with Crippen LogP contribution in [0.4, 0.5) is 0 Å². The predicted octanol–water partition coefficient (Wildman–Crippen LogP) is 23.6. The van der Waals surface area contributed by atoms with Crippen molar-refractivity contribution in [2.45, 2.75) is 132 Å². The second-order valence-corrected chi connectivity index (χ2v) is 27.7. The summed E-state index contributed by atoms with van der Waals surface area (Å²) >= 11 is 0. The molecular weight excluding hydrogens is 1210 g/mol. The van der Waals surface area contributed by atoms with Gasteiger partial charge in [0.15, 0.2) is 0 Å². The van der Waals surface area contributed by atoms with Crippen molar-refractivity contribution in [1.29, 1.82) is 1.43 Å². The number of phenolic OH excluding ortho intramolecular Hbond substituents is 1. The Kier molecular flexibility index (Phi) is 22.8. The van der Waals surface area contributed by atoms with E-state index in [0.717, 1.165) is 33.9 Å². The zero-order valence-electron chi connectivity index (χ0n) is 63.0. The maximum atomic E-state index is 7.00. The molecule has 506 valence electrons. The van der Waals surface area contributed by atoms with Gasteiger partial charge in [-0.3, -0.25) is 0 Å². The van der Waals surface area contributed by atoms with Crippen molar-refractivity contribution in [3.05, 3.63) is 400 Å². The van der Waals surface area contributed by atoms with Crippen LogP contribution < -0.4 is 14.2 Å². The molecule has 0 amide bonds. The summed E-state index contributed by atoms with van der Waals surface area (Å²) in [7, 11) is 5.21. The quantitative estimate of drug-likeness (QED) is 0.0980. The fraction of sp³-hybridized carbons (Fsp3) is 0.242. The standard InChI is InChI=1S/C28H34O.C25H28O2.C22H22.C20H18O/c1-17-10-11-24(16-27(17)29-9)28(8,25-12-18(2)22(6)19(3)13-25)26-14-20(4)23(7)21(5)15-26;1-17-7-11-20(12-8-17)25(4,21-13-9-18(2)23(15-21)26-5)22-14-10-19(3)24(16-22)27-6;1-17-9-13-20(14-10-17)22(3,19-7-5-4-6-8-19)21-15-11-18(2)12-16-21;1-20(16-8-4-2-5-9-16,17-10-6-3-7-11-17)18-12-14-19(21)15-13-18/h10-16H,1-9H3;7-16H,1-6H3;4-16H,1-3H3;2-15,21H,1H3/i/hD. The normalized spacial score (nSPS) is 11.5. The van der Waals surface area contributed by atoms with Gasteiger partial charge in [0, 0.05) is 21.7 Å². The molecule has 0 radical (unpaired) electrons. The summed E-state index contributed by atoms with van der Waals surface area (Å²) in [6.45, 7) is 35.1. The number of aryl methyl sites for hydroxylation is 10. The van der Waals surface area contributed by atoms with Crippen molar-refractivity contribution in [3.63, 3.8) is 0 Å². The molecular formula is C95H102O4. The molecule has 12 aromatic rings. The van der Waals surface area contributed by atoms with E-state index in [1.807, 2.05) is 36.4 Å². The molecule has 4 nitrogen and oxygen atoms in total. The molecule has 0 aliphatic rings. The Morgan fingerprint density at radius 1 is 0.232 bits per heavy atom. The number of benzene rings is 12. The zero-order chi connectivity index (χ0) is 72.1. The first-order chi connectivity index (χ1) is 47.8. The minimum atomic E-state index is -0.324. The number of phenols is 1. The van der Waals surface area contributed by atoms with Crippen LogP contribution in [-0.2, 0) is 21.7 Å². The maximum Gasteiger partial charge on any atom is 0.293 e. The number of hydrogen-bond acceptors (Lipinski definition) is 4. The van der Waals surface area contributed by atoms with Crippen LogP contribution in [0.1, 0.15) is 161 Å². The van der Waals surface area contributed by atoms with E-state index in [4.69, 9.17) is 15.6 Å². The molecule has 12 rings (SSSR count). The summed E-state index contributed by atoms with van der Waals surface area (Å²) in [6.07, 6.45) is 0. The molecule has 0 fully saturated rings. The Balaban J connectivity index is 0.000000157. The van der Waals surface area contributed by atoms with E-state index in [1.54, 1.807) is 21.3 Å². The summed E-state index contributed by atoms with van der Waals surface area (Å²) < 4.78 is 23.9. The molecule has 99 heavy (non-hydrogen) atoms. The zero-order valence-corrected chi connectivity index (χ0v) is 62.0. The van der Waals surface area contributed by atoms with Gasteiger partial charge in [0.05, 0.1) is 21.3 Å². The minimum Gasteiger partial charge on any atom is -0.508 e. The highest BCUT2D eigenvalue weighted by Gasteiger charge is 2.36. The Morgan fingerprint density at radius 3 is 0.687 bits per heavy atom. The second-order valence-electron chi connectivity index (χ2n) is 27.7. The van der Waals surface area contributed by atoms with E-state index in [0.29, 0.717) is 5.75 Å². The van der Waals surface area contributed by atoms with Gasteiger partial charge in [0.2, 0.25) is 0 Å². The Labute approximate surface area is 594 Å². The van der Waals surface area contributed by atoms with E-state index >= 15 is 0 Å². The predicted molar refractivity (Wildman–Crippen MR) is 418 cm³/mol. The molecule has 0 aliphatic heterocycles. The highest BCUT2D eigenvalue weighted by molar-refractivity contribution is 5.59. The van der Waals surface area contributed by atoms with Gasteiger partial charge >= 0.3 is 0 Å². The van der Waals surface area contributed by atoms with Crippen LogP contribution in [0.5, 0.6) is 23.0 Å². The average molecular weight is 1310 g/mol. The number of methoxy groups -OCH3 is 3. The van der Waals surface area contributed by atoms with Crippen molar-refractivity contribution in [2.24, 2.45) is 0 Å². The molecule has 0 spiro atoms. The van der Waals surface area contributed by atoms with Gasteiger partial charge in [-0.15, -0.1) is 0 Å². The molecule has 12 aromatic carbocycles. The van der Waals surface area contributed by atoms with Crippen molar-refractivity contribution in [2.75, 3.05) is 21.3 Å². The van der Waals surface area contributed by atoms with Gasteiger partial charge in [0.25, 0.3) is 1.43 Å². The number of aromatic hydroxyl groups is 1. The molecule has 0 heterocycles. The number of ether oxygens (including phenoxy) is 3. The molecule has 0 aromatic heterocycles. The first-order valence-electron chi connectivity index (χ1n) is 35.0. The van der Waals surface area contributed by atoms with Crippen molar-refractivity contribution in [1.82, 2.24) is 0 Å². The fourth-order valence-electron chi connectivity index (χ4n) is 13.8. The summed E-state index contributed by atoms with van der Waals surface area (Å²) in [6, 6.07) is 95.1. The van der Waals surface area contributed by atoms with Gasteiger partial charge in [-0.1, -0.05) is 253 Å². The van der Waals surface area contributed by atoms with E-state index in [9.17, 15) is 0 Å². The Hall–Kier alpha value is -10.2. The van der Waals surface area contributed by atoms with E-state index in [2.05, 4.69) is 346 Å². The third-order valence-corrected chi connectivity index (χ3v) is 21.3.